The molecule has 0 saturated heterocycles. The van der Waals surface area contributed by atoms with Crippen molar-refractivity contribution in [3.8, 4) is 5.69 Å². The summed E-state index contributed by atoms with van der Waals surface area (Å²) >= 11 is 0. The fraction of sp³-hybridized carbons (Fsp3) is 0.400. The van der Waals surface area contributed by atoms with Gasteiger partial charge in [0.1, 0.15) is 5.82 Å². The molecular formula is C25H28N4O. The lowest BCUT2D eigenvalue weighted by Gasteiger charge is -2.22. The highest BCUT2D eigenvalue weighted by Crippen LogP contribution is 2.44. The molecule has 2 aromatic carbocycles. The summed E-state index contributed by atoms with van der Waals surface area (Å²) in [6, 6.07) is 18.8. The summed E-state index contributed by atoms with van der Waals surface area (Å²) in [5.41, 5.74) is 3.36. The number of carbonyl (C=O) groups excluding carboxylic acids is 1. The van der Waals surface area contributed by atoms with Crippen LogP contribution in [0.3, 0.4) is 0 Å². The summed E-state index contributed by atoms with van der Waals surface area (Å²) < 4.78 is 1.84. The Labute approximate surface area is 177 Å². The number of nitrogens with one attached hydrogen (secondary N) is 1. The summed E-state index contributed by atoms with van der Waals surface area (Å²) in [7, 11) is 0. The minimum absolute atomic E-state index is 0.139. The summed E-state index contributed by atoms with van der Waals surface area (Å²) in [5, 5.41) is 7.86. The van der Waals surface area contributed by atoms with Gasteiger partial charge in [-0.1, -0.05) is 48.9 Å². The van der Waals surface area contributed by atoms with Crippen molar-refractivity contribution in [1.82, 2.24) is 20.1 Å². The van der Waals surface area contributed by atoms with Gasteiger partial charge in [0.15, 0.2) is 0 Å². The Morgan fingerprint density at radius 2 is 1.93 bits per heavy atom. The van der Waals surface area contributed by atoms with Crippen molar-refractivity contribution in [3.63, 3.8) is 0 Å². The lowest BCUT2D eigenvalue weighted by atomic mass is 9.95. The molecule has 0 radical (unpaired) electrons. The van der Waals surface area contributed by atoms with Crippen molar-refractivity contribution in [2.45, 2.75) is 51.5 Å². The van der Waals surface area contributed by atoms with Crippen molar-refractivity contribution in [2.24, 2.45) is 11.8 Å². The van der Waals surface area contributed by atoms with Crippen LogP contribution in [0.2, 0.25) is 0 Å². The van der Waals surface area contributed by atoms with Crippen LogP contribution in [-0.4, -0.2) is 26.7 Å². The van der Waals surface area contributed by atoms with Crippen LogP contribution in [0.1, 0.15) is 53.3 Å². The molecule has 0 unspecified atom stereocenters. The molecule has 0 spiro atoms. The molecule has 1 amide bonds. The first-order chi connectivity index (χ1) is 14.7. The topological polar surface area (TPSA) is 59.8 Å². The third kappa shape index (κ3) is 3.89. The average Bonchev–Trinajstić information content (AvgIpc) is 3.49. The van der Waals surface area contributed by atoms with Crippen molar-refractivity contribution in [1.29, 1.82) is 0 Å². The number of amides is 1. The first-order valence-corrected chi connectivity index (χ1v) is 11.0. The predicted octanol–water partition coefficient (Wildman–Crippen LogP) is 4.28. The fourth-order valence-electron chi connectivity index (χ4n) is 5.12. The van der Waals surface area contributed by atoms with Gasteiger partial charge in [-0.3, -0.25) is 4.79 Å². The van der Waals surface area contributed by atoms with Gasteiger partial charge in [-0.05, 0) is 67.7 Å². The molecule has 2 bridgehead atoms. The summed E-state index contributed by atoms with van der Waals surface area (Å²) in [6.45, 7) is 2.06. The van der Waals surface area contributed by atoms with Crippen LogP contribution >= 0.6 is 0 Å². The number of benzene rings is 2. The Bertz CT molecular complexity index is 1040. The fourth-order valence-corrected chi connectivity index (χ4v) is 5.12. The van der Waals surface area contributed by atoms with Gasteiger partial charge in [0.2, 0.25) is 5.82 Å². The van der Waals surface area contributed by atoms with Crippen molar-refractivity contribution in [2.75, 3.05) is 0 Å². The normalized spacial score (nSPS) is 22.4. The molecule has 3 atom stereocenters. The van der Waals surface area contributed by atoms with Gasteiger partial charge in [-0.25, -0.2) is 9.67 Å². The molecule has 5 rings (SSSR count). The first kappa shape index (κ1) is 19.0. The van der Waals surface area contributed by atoms with E-state index in [0.717, 1.165) is 42.3 Å². The highest BCUT2D eigenvalue weighted by Gasteiger charge is 2.40. The largest absolute Gasteiger partial charge is 0.346 e. The van der Waals surface area contributed by atoms with E-state index in [9.17, 15) is 4.79 Å². The van der Waals surface area contributed by atoms with Gasteiger partial charge in [-0.15, -0.1) is 5.10 Å². The van der Waals surface area contributed by atoms with Crippen molar-refractivity contribution < 1.29 is 4.79 Å². The van der Waals surface area contributed by atoms with E-state index < -0.39 is 0 Å². The number of aryl methyl sites for hydroxylation is 3. The molecule has 30 heavy (non-hydrogen) atoms. The Morgan fingerprint density at radius 3 is 2.67 bits per heavy atom. The quantitative estimate of drug-likeness (QED) is 0.672. The third-order valence-electron chi connectivity index (χ3n) is 6.66. The van der Waals surface area contributed by atoms with Gasteiger partial charge in [0.25, 0.3) is 5.91 Å². The van der Waals surface area contributed by atoms with Crippen LogP contribution < -0.4 is 5.32 Å². The molecule has 2 saturated carbocycles. The molecule has 1 aromatic heterocycles. The molecule has 3 aromatic rings. The number of fused-ring (bicyclic) bond motifs is 2. The Morgan fingerprint density at radius 1 is 1.07 bits per heavy atom. The number of hydrogen-bond donors (Lipinski definition) is 1. The molecule has 1 N–H and O–H groups in total. The van der Waals surface area contributed by atoms with Crippen molar-refractivity contribution >= 4 is 5.91 Å². The summed E-state index contributed by atoms with van der Waals surface area (Å²) in [5.74, 6) is 2.39. The molecule has 5 heteroatoms. The van der Waals surface area contributed by atoms with Crippen molar-refractivity contribution in [3.05, 3.63) is 77.4 Å². The molecular weight excluding hydrogens is 372 g/mol. The maximum Gasteiger partial charge on any atom is 0.291 e. The van der Waals surface area contributed by atoms with E-state index in [4.69, 9.17) is 0 Å². The smallest absolute Gasteiger partial charge is 0.291 e. The van der Waals surface area contributed by atoms with Crippen LogP contribution in [0.4, 0.5) is 0 Å². The Hall–Kier alpha value is -2.95. The van der Waals surface area contributed by atoms with Gasteiger partial charge < -0.3 is 5.32 Å². The highest BCUT2D eigenvalue weighted by atomic mass is 16.2. The number of aromatic nitrogens is 3. The number of hydrogen-bond acceptors (Lipinski definition) is 3. The maximum atomic E-state index is 13.0. The lowest BCUT2D eigenvalue weighted by molar-refractivity contribution is 0.0912. The first-order valence-electron chi connectivity index (χ1n) is 11.0. The van der Waals surface area contributed by atoms with E-state index in [1.54, 1.807) is 0 Å². The van der Waals surface area contributed by atoms with E-state index >= 15 is 0 Å². The zero-order valence-corrected chi connectivity index (χ0v) is 17.4. The minimum Gasteiger partial charge on any atom is -0.346 e. The van der Waals surface area contributed by atoms with Gasteiger partial charge >= 0.3 is 0 Å². The number of rotatable bonds is 6. The second kappa shape index (κ2) is 8.05. The average molecular weight is 401 g/mol. The zero-order chi connectivity index (χ0) is 20.5. The predicted molar refractivity (Wildman–Crippen MR) is 117 cm³/mol. The second-order valence-corrected chi connectivity index (χ2v) is 8.84. The molecule has 2 aliphatic carbocycles. The van der Waals surface area contributed by atoms with Crippen LogP contribution in [0.5, 0.6) is 0 Å². The maximum absolute atomic E-state index is 13.0. The molecule has 0 aliphatic heterocycles. The molecule has 1 heterocycles. The molecule has 5 nitrogen and oxygen atoms in total. The van der Waals surface area contributed by atoms with E-state index in [1.165, 1.54) is 24.8 Å². The van der Waals surface area contributed by atoms with Crippen LogP contribution in [-0.2, 0) is 12.8 Å². The Balaban J connectivity index is 1.39. The van der Waals surface area contributed by atoms with Crippen LogP contribution in [0, 0.1) is 18.8 Å². The van der Waals surface area contributed by atoms with E-state index in [-0.39, 0.29) is 17.8 Å². The van der Waals surface area contributed by atoms with Gasteiger partial charge in [0, 0.05) is 12.5 Å². The minimum atomic E-state index is -0.139. The van der Waals surface area contributed by atoms with E-state index in [2.05, 4.69) is 58.7 Å². The summed E-state index contributed by atoms with van der Waals surface area (Å²) in [4.78, 5) is 17.6. The summed E-state index contributed by atoms with van der Waals surface area (Å²) in [6.07, 6.45) is 6.52. The second-order valence-electron chi connectivity index (χ2n) is 8.84. The SMILES string of the molecule is Cc1cccc(-n2nc(C(=O)N[C@@H]3C[C@H]4CC[C@H]3C4)nc2CCc2ccccc2)c1. The Kier molecular flexibility index (Phi) is 5.11. The van der Waals surface area contributed by atoms with Gasteiger partial charge in [0.05, 0.1) is 5.69 Å². The monoisotopic (exact) mass is 400 g/mol. The number of nitrogens with zero attached hydrogens (tertiary/aromatic N) is 3. The van der Waals surface area contributed by atoms with E-state index in [0.29, 0.717) is 5.92 Å². The zero-order valence-electron chi connectivity index (χ0n) is 17.4. The molecule has 2 aliphatic rings. The van der Waals surface area contributed by atoms with Gasteiger partial charge in [-0.2, -0.15) is 0 Å². The van der Waals surface area contributed by atoms with Crippen LogP contribution in [0.25, 0.3) is 5.69 Å². The highest BCUT2D eigenvalue weighted by molar-refractivity contribution is 5.90. The molecule has 2 fully saturated rings. The van der Waals surface area contributed by atoms with Crippen LogP contribution in [0.15, 0.2) is 54.6 Å². The number of carbonyl (C=O) groups is 1. The standard InChI is InChI=1S/C25H28N4O/c1-17-6-5-9-21(14-17)29-23(13-11-18-7-3-2-4-8-18)27-24(28-29)25(30)26-22-16-19-10-12-20(22)15-19/h2-9,14,19-20,22H,10-13,15-16H2,1H3,(H,26,30)/t19-,20-,22+/m0/s1. The molecule has 154 valence electrons. The van der Waals surface area contributed by atoms with E-state index in [1.807, 2.05) is 22.9 Å². The third-order valence-corrected chi connectivity index (χ3v) is 6.66. The lowest BCUT2D eigenvalue weighted by Crippen LogP contribution is -2.39.